The zero-order chi connectivity index (χ0) is 17.6. The normalized spacial score (nSPS) is 12.6. The first-order valence-corrected chi connectivity index (χ1v) is 7.58. The number of rotatable bonds is 6. The van der Waals surface area contributed by atoms with E-state index < -0.39 is 23.7 Å². The number of benzene rings is 1. The molecule has 0 aromatic heterocycles. The summed E-state index contributed by atoms with van der Waals surface area (Å²) in [6.45, 7) is 4.97. The van der Waals surface area contributed by atoms with Crippen LogP contribution in [-0.4, -0.2) is 35.4 Å². The van der Waals surface area contributed by atoms with Gasteiger partial charge in [0.15, 0.2) is 6.04 Å². The molecule has 0 aliphatic carbocycles. The Kier molecular flexibility index (Phi) is 7.12. The number of nitrogens with one attached hydrogen (secondary N) is 1. The molecular formula is C15H19Cl2NO5. The molecule has 0 aliphatic rings. The summed E-state index contributed by atoms with van der Waals surface area (Å²) in [7, 11) is 0. The summed E-state index contributed by atoms with van der Waals surface area (Å²) in [5, 5.41) is 12.2. The van der Waals surface area contributed by atoms with E-state index in [1.165, 1.54) is 0 Å². The fourth-order valence-electron chi connectivity index (χ4n) is 1.55. The molecule has 1 atom stereocenters. The molecule has 1 rings (SSSR count). The smallest absolute Gasteiger partial charge is 0.408 e. The van der Waals surface area contributed by atoms with Gasteiger partial charge < -0.3 is 19.9 Å². The van der Waals surface area contributed by atoms with Crippen LogP contribution in [0.15, 0.2) is 18.2 Å². The third-order valence-corrected chi connectivity index (χ3v) is 3.27. The van der Waals surface area contributed by atoms with Crippen LogP contribution in [-0.2, 0) is 20.9 Å². The third kappa shape index (κ3) is 7.54. The van der Waals surface area contributed by atoms with Crippen molar-refractivity contribution in [1.82, 2.24) is 5.32 Å². The van der Waals surface area contributed by atoms with Gasteiger partial charge in [0.2, 0.25) is 0 Å². The molecule has 0 aliphatic heterocycles. The van der Waals surface area contributed by atoms with E-state index in [0.29, 0.717) is 10.0 Å². The highest BCUT2D eigenvalue weighted by Crippen LogP contribution is 2.22. The van der Waals surface area contributed by atoms with Gasteiger partial charge in [-0.2, -0.15) is 0 Å². The Hall–Kier alpha value is -1.50. The second-order valence-corrected chi connectivity index (χ2v) is 6.62. The molecule has 0 spiro atoms. The predicted molar refractivity (Wildman–Crippen MR) is 86.9 cm³/mol. The van der Waals surface area contributed by atoms with Crippen molar-refractivity contribution in [2.24, 2.45) is 0 Å². The van der Waals surface area contributed by atoms with E-state index in [9.17, 15) is 9.59 Å². The van der Waals surface area contributed by atoms with Crippen LogP contribution in [0.3, 0.4) is 0 Å². The van der Waals surface area contributed by atoms with Gasteiger partial charge in [0.1, 0.15) is 5.60 Å². The van der Waals surface area contributed by atoms with Crippen molar-refractivity contribution in [1.29, 1.82) is 0 Å². The monoisotopic (exact) mass is 363 g/mol. The fourth-order valence-corrected chi connectivity index (χ4v) is 1.87. The molecule has 0 bridgehead atoms. The van der Waals surface area contributed by atoms with Gasteiger partial charge in [0.05, 0.1) is 23.3 Å². The lowest BCUT2D eigenvalue weighted by molar-refractivity contribution is -0.141. The number of alkyl carbamates (subject to hydrolysis) is 1. The second kappa shape index (κ2) is 8.38. The number of carboxylic acid groups (broad SMARTS) is 1. The zero-order valence-corrected chi connectivity index (χ0v) is 14.6. The number of halogens is 2. The summed E-state index contributed by atoms with van der Waals surface area (Å²) >= 11 is 11.7. The minimum atomic E-state index is -1.22. The van der Waals surface area contributed by atoms with Crippen molar-refractivity contribution in [3.05, 3.63) is 33.8 Å². The fraction of sp³-hybridized carbons (Fsp3) is 0.467. The summed E-state index contributed by atoms with van der Waals surface area (Å²) in [6, 6.07) is 3.75. The van der Waals surface area contributed by atoms with E-state index in [1.807, 2.05) is 0 Å². The molecule has 0 heterocycles. The molecular weight excluding hydrogens is 345 g/mol. The molecule has 0 saturated heterocycles. The molecule has 1 unspecified atom stereocenters. The SMILES string of the molecule is CC(C)(C)OC(=O)NC(COCc1ccc(Cl)c(Cl)c1)C(=O)O. The summed E-state index contributed by atoms with van der Waals surface area (Å²) in [6.07, 6.45) is -0.817. The number of carboxylic acids is 1. The molecule has 23 heavy (non-hydrogen) atoms. The van der Waals surface area contributed by atoms with Crippen LogP contribution in [0.4, 0.5) is 4.79 Å². The number of hydrogen-bond donors (Lipinski definition) is 2. The summed E-state index contributed by atoms with van der Waals surface area (Å²) in [5.74, 6) is -1.22. The van der Waals surface area contributed by atoms with Gasteiger partial charge >= 0.3 is 12.1 Å². The van der Waals surface area contributed by atoms with Crippen LogP contribution in [0.25, 0.3) is 0 Å². The minimum absolute atomic E-state index is 0.136. The Labute approximate surface area is 144 Å². The van der Waals surface area contributed by atoms with Gasteiger partial charge in [-0.1, -0.05) is 29.3 Å². The first-order chi connectivity index (χ1) is 10.6. The minimum Gasteiger partial charge on any atom is -0.480 e. The summed E-state index contributed by atoms with van der Waals surface area (Å²) < 4.78 is 10.3. The molecule has 1 amide bonds. The Morgan fingerprint density at radius 1 is 1.26 bits per heavy atom. The molecule has 0 fully saturated rings. The maximum atomic E-state index is 11.6. The van der Waals surface area contributed by atoms with Crippen LogP contribution < -0.4 is 5.32 Å². The topological polar surface area (TPSA) is 84.9 Å². The van der Waals surface area contributed by atoms with Crippen molar-refractivity contribution in [3.63, 3.8) is 0 Å². The van der Waals surface area contributed by atoms with Gasteiger partial charge in [0.25, 0.3) is 0 Å². The largest absolute Gasteiger partial charge is 0.480 e. The van der Waals surface area contributed by atoms with Crippen LogP contribution in [0.5, 0.6) is 0 Å². The van der Waals surface area contributed by atoms with Crippen molar-refractivity contribution in [2.45, 2.75) is 39.0 Å². The van der Waals surface area contributed by atoms with Gasteiger partial charge in [-0.15, -0.1) is 0 Å². The highest BCUT2D eigenvalue weighted by atomic mass is 35.5. The van der Waals surface area contributed by atoms with Crippen LogP contribution in [0.2, 0.25) is 10.0 Å². The third-order valence-electron chi connectivity index (χ3n) is 2.53. The van der Waals surface area contributed by atoms with E-state index in [-0.39, 0.29) is 13.2 Å². The molecule has 6 nitrogen and oxygen atoms in total. The van der Waals surface area contributed by atoms with Gasteiger partial charge in [-0.3, -0.25) is 0 Å². The average Bonchev–Trinajstić information content (AvgIpc) is 2.39. The second-order valence-electron chi connectivity index (χ2n) is 5.80. The molecule has 128 valence electrons. The quantitative estimate of drug-likeness (QED) is 0.807. The highest BCUT2D eigenvalue weighted by Gasteiger charge is 2.24. The van der Waals surface area contributed by atoms with Crippen molar-refractivity contribution in [3.8, 4) is 0 Å². The van der Waals surface area contributed by atoms with E-state index in [0.717, 1.165) is 5.56 Å². The molecule has 0 radical (unpaired) electrons. The Balaban J connectivity index is 2.52. The standard InChI is InChI=1S/C15H19Cl2NO5/c1-15(2,3)23-14(21)18-12(13(19)20)8-22-7-9-4-5-10(16)11(17)6-9/h4-6,12H,7-8H2,1-3H3,(H,18,21)(H,19,20). The first kappa shape index (κ1) is 19.5. The average molecular weight is 364 g/mol. The Morgan fingerprint density at radius 2 is 1.91 bits per heavy atom. The molecule has 1 aromatic carbocycles. The maximum Gasteiger partial charge on any atom is 0.408 e. The number of ether oxygens (including phenoxy) is 2. The Morgan fingerprint density at radius 3 is 2.43 bits per heavy atom. The number of hydrogen-bond acceptors (Lipinski definition) is 4. The van der Waals surface area contributed by atoms with Gasteiger partial charge in [-0.05, 0) is 38.5 Å². The van der Waals surface area contributed by atoms with Crippen LogP contribution in [0, 0.1) is 0 Å². The molecule has 8 heteroatoms. The van der Waals surface area contributed by atoms with Crippen LogP contribution in [0.1, 0.15) is 26.3 Å². The summed E-state index contributed by atoms with van der Waals surface area (Å²) in [5.41, 5.74) is 0.0226. The lowest BCUT2D eigenvalue weighted by Gasteiger charge is -2.22. The van der Waals surface area contributed by atoms with Crippen molar-refractivity contribution < 1.29 is 24.2 Å². The van der Waals surface area contributed by atoms with Gasteiger partial charge in [0, 0.05) is 0 Å². The molecule has 1 aromatic rings. The van der Waals surface area contributed by atoms with Crippen molar-refractivity contribution in [2.75, 3.05) is 6.61 Å². The zero-order valence-electron chi connectivity index (χ0n) is 13.1. The number of amides is 1. The number of aliphatic carboxylic acids is 1. The molecule has 2 N–H and O–H groups in total. The van der Waals surface area contributed by atoms with E-state index >= 15 is 0 Å². The highest BCUT2D eigenvalue weighted by molar-refractivity contribution is 6.42. The van der Waals surface area contributed by atoms with E-state index in [1.54, 1.807) is 39.0 Å². The molecule has 0 saturated carbocycles. The Bertz CT molecular complexity index is 571. The number of carbonyl (C=O) groups excluding carboxylic acids is 1. The van der Waals surface area contributed by atoms with Crippen LogP contribution >= 0.6 is 23.2 Å². The lowest BCUT2D eigenvalue weighted by Crippen LogP contribution is -2.46. The van der Waals surface area contributed by atoms with Gasteiger partial charge in [-0.25, -0.2) is 9.59 Å². The predicted octanol–water partition coefficient (Wildman–Crippen LogP) is 3.49. The maximum absolute atomic E-state index is 11.6. The number of carbonyl (C=O) groups is 2. The van der Waals surface area contributed by atoms with Crippen molar-refractivity contribution >= 4 is 35.3 Å². The van der Waals surface area contributed by atoms with E-state index in [2.05, 4.69) is 5.32 Å². The van der Waals surface area contributed by atoms with E-state index in [4.69, 9.17) is 37.8 Å². The lowest BCUT2D eigenvalue weighted by atomic mass is 10.2. The first-order valence-electron chi connectivity index (χ1n) is 6.82. The summed E-state index contributed by atoms with van der Waals surface area (Å²) in [4.78, 5) is 22.8.